The highest BCUT2D eigenvalue weighted by molar-refractivity contribution is 4.96. The molecule has 2 fully saturated rings. The number of nitrogens with zero attached hydrogens (tertiary/aromatic N) is 1. The van der Waals surface area contributed by atoms with Crippen molar-refractivity contribution in [3.8, 4) is 0 Å². The van der Waals surface area contributed by atoms with Gasteiger partial charge in [-0.3, -0.25) is 0 Å². The van der Waals surface area contributed by atoms with Gasteiger partial charge in [0.05, 0.1) is 0 Å². The summed E-state index contributed by atoms with van der Waals surface area (Å²) < 4.78 is 0. The Kier molecular flexibility index (Phi) is 3.13. The first kappa shape index (κ1) is 10.4. The van der Waals surface area contributed by atoms with Crippen molar-refractivity contribution in [1.29, 1.82) is 0 Å². The van der Waals surface area contributed by atoms with Crippen molar-refractivity contribution in [3.05, 3.63) is 0 Å². The molecule has 0 radical (unpaired) electrons. The molecule has 0 aromatic rings. The van der Waals surface area contributed by atoms with Crippen LogP contribution in [-0.2, 0) is 0 Å². The van der Waals surface area contributed by atoms with Crippen molar-refractivity contribution in [2.75, 3.05) is 20.1 Å². The molecule has 0 aromatic carbocycles. The monoisotopic (exact) mass is 196 g/mol. The third-order valence-electron chi connectivity index (χ3n) is 4.17. The Morgan fingerprint density at radius 3 is 2.36 bits per heavy atom. The fraction of sp³-hybridized carbons (Fsp3) is 1.00. The first-order valence-electron chi connectivity index (χ1n) is 6.16. The SMILES string of the molecule is CN(CC1(CN)CC1)C1CCCCC1. The van der Waals surface area contributed by atoms with Gasteiger partial charge in [-0.1, -0.05) is 19.3 Å². The molecule has 0 amide bonds. The fourth-order valence-corrected chi connectivity index (χ4v) is 2.78. The molecule has 0 spiro atoms. The van der Waals surface area contributed by atoms with E-state index in [4.69, 9.17) is 5.73 Å². The second kappa shape index (κ2) is 4.19. The van der Waals surface area contributed by atoms with E-state index in [0.29, 0.717) is 5.41 Å². The molecule has 0 unspecified atom stereocenters. The molecule has 2 N–H and O–H groups in total. The van der Waals surface area contributed by atoms with Gasteiger partial charge in [-0.25, -0.2) is 0 Å². The summed E-state index contributed by atoms with van der Waals surface area (Å²) in [6, 6.07) is 0.854. The highest BCUT2D eigenvalue weighted by Gasteiger charge is 2.42. The van der Waals surface area contributed by atoms with Gasteiger partial charge < -0.3 is 10.6 Å². The van der Waals surface area contributed by atoms with Crippen LogP contribution in [0, 0.1) is 5.41 Å². The van der Waals surface area contributed by atoms with Crippen LogP contribution in [0.2, 0.25) is 0 Å². The molecule has 2 heteroatoms. The fourth-order valence-electron chi connectivity index (χ4n) is 2.78. The Morgan fingerprint density at radius 2 is 1.86 bits per heavy atom. The molecular weight excluding hydrogens is 172 g/mol. The first-order chi connectivity index (χ1) is 6.76. The van der Waals surface area contributed by atoms with E-state index in [1.165, 1.54) is 51.5 Å². The topological polar surface area (TPSA) is 29.3 Å². The molecule has 0 saturated heterocycles. The summed E-state index contributed by atoms with van der Waals surface area (Å²) >= 11 is 0. The van der Waals surface area contributed by atoms with Crippen LogP contribution in [0.3, 0.4) is 0 Å². The number of hydrogen-bond donors (Lipinski definition) is 1. The zero-order valence-electron chi connectivity index (χ0n) is 9.47. The molecule has 2 saturated carbocycles. The average molecular weight is 196 g/mol. The van der Waals surface area contributed by atoms with Crippen LogP contribution in [0.15, 0.2) is 0 Å². The zero-order valence-corrected chi connectivity index (χ0v) is 9.47. The Labute approximate surface area is 87.8 Å². The molecule has 0 aromatic heterocycles. The number of rotatable bonds is 4. The lowest BCUT2D eigenvalue weighted by molar-refractivity contribution is 0.161. The van der Waals surface area contributed by atoms with E-state index in [2.05, 4.69) is 11.9 Å². The smallest absolute Gasteiger partial charge is 0.00924 e. The average Bonchev–Trinajstić information content (AvgIpc) is 3.00. The van der Waals surface area contributed by atoms with Crippen LogP contribution in [0.5, 0.6) is 0 Å². The lowest BCUT2D eigenvalue weighted by atomic mass is 9.93. The highest BCUT2D eigenvalue weighted by atomic mass is 15.1. The Morgan fingerprint density at radius 1 is 1.21 bits per heavy atom. The van der Waals surface area contributed by atoms with Crippen molar-refractivity contribution < 1.29 is 0 Å². The van der Waals surface area contributed by atoms with E-state index >= 15 is 0 Å². The molecular formula is C12H24N2. The predicted molar refractivity (Wildman–Crippen MR) is 60.2 cm³/mol. The van der Waals surface area contributed by atoms with Gasteiger partial charge in [-0.05, 0) is 44.7 Å². The van der Waals surface area contributed by atoms with Crippen LogP contribution in [0.1, 0.15) is 44.9 Å². The predicted octanol–water partition coefficient (Wildman–Crippen LogP) is 1.99. The maximum absolute atomic E-state index is 5.82. The minimum atomic E-state index is 0.520. The van der Waals surface area contributed by atoms with Crippen molar-refractivity contribution >= 4 is 0 Å². The number of hydrogen-bond acceptors (Lipinski definition) is 2. The van der Waals surface area contributed by atoms with Crippen LogP contribution in [-0.4, -0.2) is 31.1 Å². The largest absolute Gasteiger partial charge is 0.330 e. The molecule has 0 bridgehead atoms. The third kappa shape index (κ3) is 2.29. The maximum atomic E-state index is 5.82. The molecule has 2 nitrogen and oxygen atoms in total. The van der Waals surface area contributed by atoms with E-state index < -0.39 is 0 Å². The summed E-state index contributed by atoms with van der Waals surface area (Å²) in [6.45, 7) is 2.14. The lowest BCUT2D eigenvalue weighted by Crippen LogP contribution is -2.39. The first-order valence-corrected chi connectivity index (χ1v) is 6.16. The van der Waals surface area contributed by atoms with Gasteiger partial charge in [0, 0.05) is 12.6 Å². The van der Waals surface area contributed by atoms with Gasteiger partial charge in [0.1, 0.15) is 0 Å². The van der Waals surface area contributed by atoms with Crippen LogP contribution < -0.4 is 5.73 Å². The van der Waals surface area contributed by atoms with E-state index in [1.807, 2.05) is 0 Å². The molecule has 2 aliphatic carbocycles. The Bertz CT molecular complexity index is 181. The molecule has 0 aliphatic heterocycles. The standard InChI is InChI=1S/C12H24N2/c1-14(10-12(9-13)7-8-12)11-5-3-2-4-6-11/h11H,2-10,13H2,1H3. The van der Waals surface area contributed by atoms with Gasteiger partial charge >= 0.3 is 0 Å². The minimum Gasteiger partial charge on any atom is -0.330 e. The van der Waals surface area contributed by atoms with Gasteiger partial charge in [-0.15, -0.1) is 0 Å². The summed E-state index contributed by atoms with van der Waals surface area (Å²) in [5.74, 6) is 0. The van der Waals surface area contributed by atoms with Gasteiger partial charge in [0.25, 0.3) is 0 Å². The Hall–Kier alpha value is -0.0800. The van der Waals surface area contributed by atoms with E-state index in [0.717, 1.165) is 12.6 Å². The van der Waals surface area contributed by atoms with Crippen molar-refractivity contribution in [2.24, 2.45) is 11.1 Å². The Balaban J connectivity index is 1.79. The summed E-state index contributed by atoms with van der Waals surface area (Å²) in [5, 5.41) is 0. The summed E-state index contributed by atoms with van der Waals surface area (Å²) in [4.78, 5) is 2.58. The van der Waals surface area contributed by atoms with Crippen LogP contribution in [0.25, 0.3) is 0 Å². The second-order valence-corrected chi connectivity index (χ2v) is 5.41. The quantitative estimate of drug-likeness (QED) is 0.745. The molecule has 82 valence electrons. The minimum absolute atomic E-state index is 0.520. The van der Waals surface area contributed by atoms with Crippen molar-refractivity contribution in [1.82, 2.24) is 4.90 Å². The molecule has 0 heterocycles. The molecule has 14 heavy (non-hydrogen) atoms. The zero-order chi connectivity index (χ0) is 10.0. The molecule has 0 atom stereocenters. The summed E-state index contributed by atoms with van der Waals surface area (Å²) in [7, 11) is 2.30. The molecule has 2 aliphatic rings. The highest BCUT2D eigenvalue weighted by Crippen LogP contribution is 2.45. The normalized spacial score (nSPS) is 26.8. The van der Waals surface area contributed by atoms with E-state index in [9.17, 15) is 0 Å². The lowest BCUT2D eigenvalue weighted by Gasteiger charge is -2.33. The van der Waals surface area contributed by atoms with Gasteiger partial charge in [0.15, 0.2) is 0 Å². The van der Waals surface area contributed by atoms with Crippen molar-refractivity contribution in [2.45, 2.75) is 51.0 Å². The summed E-state index contributed by atoms with van der Waals surface area (Å²) in [6.07, 6.45) is 9.87. The maximum Gasteiger partial charge on any atom is 0.00924 e. The molecule has 2 rings (SSSR count). The van der Waals surface area contributed by atoms with Crippen molar-refractivity contribution in [3.63, 3.8) is 0 Å². The van der Waals surface area contributed by atoms with E-state index in [-0.39, 0.29) is 0 Å². The number of nitrogens with two attached hydrogens (primary N) is 1. The van der Waals surface area contributed by atoms with Gasteiger partial charge in [0.2, 0.25) is 0 Å². The second-order valence-electron chi connectivity index (χ2n) is 5.41. The van der Waals surface area contributed by atoms with Crippen LogP contribution >= 0.6 is 0 Å². The van der Waals surface area contributed by atoms with Gasteiger partial charge in [-0.2, -0.15) is 0 Å². The summed E-state index contributed by atoms with van der Waals surface area (Å²) in [5.41, 5.74) is 6.34. The third-order valence-corrected chi connectivity index (χ3v) is 4.17. The van der Waals surface area contributed by atoms with Crippen LogP contribution in [0.4, 0.5) is 0 Å². The van der Waals surface area contributed by atoms with E-state index in [1.54, 1.807) is 0 Å².